The molecule has 3 aromatic rings. The maximum absolute atomic E-state index is 4.37. The van der Waals surface area contributed by atoms with Crippen LogP contribution < -0.4 is 5.32 Å². The predicted octanol–water partition coefficient (Wildman–Crippen LogP) is 3.00. The fourth-order valence-corrected chi connectivity index (χ4v) is 2.84. The molecule has 4 nitrogen and oxygen atoms in total. The number of halogens is 1. The van der Waals surface area contributed by atoms with E-state index in [2.05, 4.69) is 49.5 Å². The lowest BCUT2D eigenvalue weighted by Crippen LogP contribution is -2.18. The molecule has 1 unspecified atom stereocenters. The van der Waals surface area contributed by atoms with Crippen molar-refractivity contribution in [3.05, 3.63) is 64.7 Å². The van der Waals surface area contributed by atoms with Crippen molar-refractivity contribution in [2.45, 2.75) is 12.5 Å². The average molecular weight is 331 g/mol. The summed E-state index contributed by atoms with van der Waals surface area (Å²) in [5.41, 5.74) is 3.49. The molecule has 3 rings (SSSR count). The summed E-state index contributed by atoms with van der Waals surface area (Å²) in [4.78, 5) is 4.19. The summed E-state index contributed by atoms with van der Waals surface area (Å²) in [5.74, 6) is 0. The minimum absolute atomic E-state index is 0.214. The highest BCUT2D eigenvalue weighted by Crippen LogP contribution is 2.23. The zero-order chi connectivity index (χ0) is 13.9. The van der Waals surface area contributed by atoms with Gasteiger partial charge in [0.1, 0.15) is 0 Å². The molecular formula is C15H15BrN4. The zero-order valence-corrected chi connectivity index (χ0v) is 12.7. The monoisotopic (exact) mass is 330 g/mol. The Hall–Kier alpha value is -1.72. The van der Waals surface area contributed by atoms with E-state index < -0.39 is 0 Å². The molecule has 1 atom stereocenters. The number of rotatable bonds is 4. The highest BCUT2D eigenvalue weighted by atomic mass is 79.9. The van der Waals surface area contributed by atoms with E-state index in [-0.39, 0.29) is 6.04 Å². The summed E-state index contributed by atoms with van der Waals surface area (Å²) in [7, 11) is 1.97. The summed E-state index contributed by atoms with van der Waals surface area (Å²) in [5, 5.41) is 7.74. The summed E-state index contributed by atoms with van der Waals surface area (Å²) in [6, 6.07) is 8.60. The Morgan fingerprint density at radius 2 is 2.25 bits per heavy atom. The number of nitrogens with one attached hydrogen (secondary N) is 1. The van der Waals surface area contributed by atoms with Crippen LogP contribution in [-0.2, 0) is 6.42 Å². The Bertz CT molecular complexity index is 722. The molecule has 1 N–H and O–H groups in total. The molecule has 20 heavy (non-hydrogen) atoms. The van der Waals surface area contributed by atoms with E-state index in [1.807, 2.05) is 36.2 Å². The quantitative estimate of drug-likeness (QED) is 0.799. The molecule has 0 aliphatic carbocycles. The van der Waals surface area contributed by atoms with Crippen molar-refractivity contribution < 1.29 is 0 Å². The van der Waals surface area contributed by atoms with Gasteiger partial charge in [0.25, 0.3) is 0 Å². The first-order chi connectivity index (χ1) is 9.78. The molecular weight excluding hydrogens is 316 g/mol. The highest BCUT2D eigenvalue weighted by molar-refractivity contribution is 9.10. The third kappa shape index (κ3) is 2.59. The van der Waals surface area contributed by atoms with Gasteiger partial charge in [-0.2, -0.15) is 5.10 Å². The molecule has 0 radical (unpaired) electrons. The van der Waals surface area contributed by atoms with Gasteiger partial charge in [-0.3, -0.25) is 4.98 Å². The van der Waals surface area contributed by atoms with Gasteiger partial charge >= 0.3 is 0 Å². The Morgan fingerprint density at radius 1 is 1.35 bits per heavy atom. The van der Waals surface area contributed by atoms with Gasteiger partial charge < -0.3 is 5.32 Å². The van der Waals surface area contributed by atoms with Crippen molar-refractivity contribution in [1.82, 2.24) is 19.9 Å². The molecule has 0 aliphatic rings. The Balaban J connectivity index is 1.93. The maximum Gasteiger partial charge on any atom is 0.0892 e. The highest BCUT2D eigenvalue weighted by Gasteiger charge is 2.15. The number of aromatic nitrogens is 3. The van der Waals surface area contributed by atoms with E-state index in [4.69, 9.17) is 0 Å². The van der Waals surface area contributed by atoms with Gasteiger partial charge in [-0.15, -0.1) is 0 Å². The lowest BCUT2D eigenvalue weighted by atomic mass is 10.0. The van der Waals surface area contributed by atoms with Crippen LogP contribution in [0.15, 0.2) is 53.5 Å². The first kappa shape index (κ1) is 13.3. The van der Waals surface area contributed by atoms with Crippen LogP contribution >= 0.6 is 15.9 Å². The van der Waals surface area contributed by atoms with Gasteiger partial charge in [0.15, 0.2) is 0 Å². The number of benzene rings is 1. The second kappa shape index (κ2) is 5.73. The van der Waals surface area contributed by atoms with E-state index >= 15 is 0 Å². The molecule has 5 heteroatoms. The largest absolute Gasteiger partial charge is 0.313 e. The van der Waals surface area contributed by atoms with Crippen molar-refractivity contribution in [2.75, 3.05) is 7.05 Å². The second-order valence-corrected chi connectivity index (χ2v) is 5.60. The molecule has 0 spiro atoms. The average Bonchev–Trinajstić information content (AvgIpc) is 2.89. The standard InChI is InChI=1S/C15H15BrN4/c1-17-14(8-11-3-2-4-12(16)7-11)13-9-19-20-6-5-18-10-15(13)20/h2-7,9-10,14,17H,8H2,1H3. The molecule has 0 saturated heterocycles. The third-order valence-electron chi connectivity index (χ3n) is 3.41. The van der Waals surface area contributed by atoms with Crippen molar-refractivity contribution in [1.29, 1.82) is 0 Å². The van der Waals surface area contributed by atoms with E-state index in [1.165, 1.54) is 11.1 Å². The topological polar surface area (TPSA) is 42.2 Å². The van der Waals surface area contributed by atoms with Crippen molar-refractivity contribution in [3.8, 4) is 0 Å². The maximum atomic E-state index is 4.37. The Kier molecular flexibility index (Phi) is 3.80. The van der Waals surface area contributed by atoms with Crippen molar-refractivity contribution in [3.63, 3.8) is 0 Å². The normalized spacial score (nSPS) is 12.7. The van der Waals surface area contributed by atoms with Crippen LogP contribution in [0.5, 0.6) is 0 Å². The zero-order valence-electron chi connectivity index (χ0n) is 11.1. The number of hydrogen-bond donors (Lipinski definition) is 1. The van der Waals surface area contributed by atoms with E-state index in [0.29, 0.717) is 0 Å². The molecule has 2 heterocycles. The van der Waals surface area contributed by atoms with Crippen molar-refractivity contribution >= 4 is 21.4 Å². The van der Waals surface area contributed by atoms with Gasteiger partial charge in [-0.1, -0.05) is 28.1 Å². The third-order valence-corrected chi connectivity index (χ3v) is 3.90. The lowest BCUT2D eigenvalue weighted by molar-refractivity contribution is 0.596. The molecule has 0 fully saturated rings. The Labute approximate surface area is 126 Å². The smallest absolute Gasteiger partial charge is 0.0892 e. The number of likely N-dealkylation sites (N-methyl/N-ethyl adjacent to an activating group) is 1. The molecule has 0 aliphatic heterocycles. The Morgan fingerprint density at radius 3 is 3.05 bits per heavy atom. The van der Waals surface area contributed by atoms with Gasteiger partial charge in [0, 0.05) is 28.5 Å². The first-order valence-electron chi connectivity index (χ1n) is 6.47. The predicted molar refractivity (Wildman–Crippen MR) is 82.6 cm³/mol. The van der Waals surface area contributed by atoms with Crippen LogP contribution in [0.1, 0.15) is 17.2 Å². The first-order valence-corrected chi connectivity index (χ1v) is 7.26. The number of fused-ring (bicyclic) bond motifs is 1. The SMILES string of the molecule is CNC(Cc1cccc(Br)c1)c1cnn2ccncc12. The molecule has 1 aromatic carbocycles. The summed E-state index contributed by atoms with van der Waals surface area (Å²) >= 11 is 3.52. The van der Waals surface area contributed by atoms with Crippen LogP contribution in [0.2, 0.25) is 0 Å². The number of hydrogen-bond acceptors (Lipinski definition) is 3. The number of nitrogens with zero attached hydrogens (tertiary/aromatic N) is 3. The summed E-state index contributed by atoms with van der Waals surface area (Å²) < 4.78 is 2.96. The second-order valence-electron chi connectivity index (χ2n) is 4.68. The summed E-state index contributed by atoms with van der Waals surface area (Å²) in [6.45, 7) is 0. The fraction of sp³-hybridized carbons (Fsp3) is 0.200. The molecule has 2 aromatic heterocycles. The molecule has 0 saturated carbocycles. The van der Waals surface area contributed by atoms with Gasteiger partial charge in [-0.05, 0) is 31.2 Å². The lowest BCUT2D eigenvalue weighted by Gasteiger charge is -2.15. The van der Waals surface area contributed by atoms with Gasteiger partial charge in [-0.25, -0.2) is 4.52 Å². The van der Waals surface area contributed by atoms with Crippen molar-refractivity contribution in [2.24, 2.45) is 0 Å². The van der Waals surface area contributed by atoms with E-state index in [1.54, 1.807) is 6.20 Å². The van der Waals surface area contributed by atoms with Gasteiger partial charge in [0.2, 0.25) is 0 Å². The van der Waals surface area contributed by atoms with Gasteiger partial charge in [0.05, 0.1) is 17.9 Å². The molecule has 0 bridgehead atoms. The molecule has 102 valence electrons. The fourth-order valence-electron chi connectivity index (χ4n) is 2.39. The van der Waals surface area contributed by atoms with Crippen LogP contribution in [-0.4, -0.2) is 21.6 Å². The van der Waals surface area contributed by atoms with Crippen LogP contribution in [0.4, 0.5) is 0 Å². The van der Waals surface area contributed by atoms with Crippen LogP contribution in [0.3, 0.4) is 0 Å². The summed E-state index contributed by atoms with van der Waals surface area (Å²) in [6.07, 6.45) is 8.28. The van der Waals surface area contributed by atoms with Crippen LogP contribution in [0.25, 0.3) is 5.52 Å². The minimum Gasteiger partial charge on any atom is -0.313 e. The van der Waals surface area contributed by atoms with E-state index in [0.717, 1.165) is 16.4 Å². The molecule has 0 amide bonds. The minimum atomic E-state index is 0.214. The van der Waals surface area contributed by atoms with Crippen LogP contribution in [0, 0.1) is 0 Å². The van der Waals surface area contributed by atoms with E-state index in [9.17, 15) is 0 Å².